The van der Waals surface area contributed by atoms with Crippen molar-refractivity contribution in [1.29, 1.82) is 0 Å². The van der Waals surface area contributed by atoms with Crippen molar-refractivity contribution in [3.63, 3.8) is 0 Å². The minimum absolute atomic E-state index is 0.926. The van der Waals surface area contributed by atoms with Gasteiger partial charge in [-0.15, -0.1) is 0 Å². The van der Waals surface area contributed by atoms with Crippen LogP contribution in [0.25, 0.3) is 0 Å². The molecule has 1 aromatic heterocycles. The van der Waals surface area contributed by atoms with E-state index >= 15 is 0 Å². The maximum Gasteiger partial charge on any atom is 0.0445 e. The number of nitrogens with one attached hydrogen (secondary N) is 1. The summed E-state index contributed by atoms with van der Waals surface area (Å²) >= 11 is 0. The number of aromatic nitrogens is 1. The lowest BCUT2D eigenvalue weighted by atomic mass is 10.1. The minimum Gasteiger partial charge on any atom is -0.371 e. The van der Waals surface area contributed by atoms with Gasteiger partial charge in [0, 0.05) is 42.8 Å². The van der Waals surface area contributed by atoms with E-state index in [1.165, 1.54) is 43.6 Å². The number of nitrogens with zero attached hydrogens (tertiary/aromatic N) is 2. The van der Waals surface area contributed by atoms with Crippen molar-refractivity contribution in [3.8, 4) is 0 Å². The molecule has 1 aliphatic heterocycles. The molecular formula is C14H23N3. The van der Waals surface area contributed by atoms with E-state index in [0.29, 0.717) is 0 Å². The molecule has 1 N–H and O–H groups in total. The number of anilines is 1. The SMILES string of the molecule is CCNCc1cnc(C)cc1N1CCCCC1. The van der Waals surface area contributed by atoms with Crippen molar-refractivity contribution in [3.05, 3.63) is 23.5 Å². The zero-order valence-corrected chi connectivity index (χ0v) is 11.0. The van der Waals surface area contributed by atoms with Gasteiger partial charge in [-0.3, -0.25) is 4.98 Å². The molecule has 1 aromatic rings. The number of hydrogen-bond donors (Lipinski definition) is 1. The number of pyridine rings is 1. The first kappa shape index (κ1) is 12.4. The highest BCUT2D eigenvalue weighted by Gasteiger charge is 2.14. The number of rotatable bonds is 4. The molecule has 1 fully saturated rings. The molecule has 0 radical (unpaired) electrons. The van der Waals surface area contributed by atoms with E-state index in [1.807, 2.05) is 6.20 Å². The highest BCUT2D eigenvalue weighted by Crippen LogP contribution is 2.24. The molecule has 2 heterocycles. The van der Waals surface area contributed by atoms with E-state index in [-0.39, 0.29) is 0 Å². The highest BCUT2D eigenvalue weighted by atomic mass is 15.1. The van der Waals surface area contributed by atoms with Crippen LogP contribution in [0.4, 0.5) is 5.69 Å². The number of piperidine rings is 1. The molecule has 0 atom stereocenters. The molecular weight excluding hydrogens is 210 g/mol. The Morgan fingerprint density at radius 1 is 1.29 bits per heavy atom. The topological polar surface area (TPSA) is 28.2 Å². The van der Waals surface area contributed by atoms with Gasteiger partial charge in [0.1, 0.15) is 0 Å². The van der Waals surface area contributed by atoms with E-state index < -0.39 is 0 Å². The molecule has 0 aliphatic carbocycles. The summed E-state index contributed by atoms with van der Waals surface area (Å²) in [6.07, 6.45) is 6.05. The molecule has 0 aromatic carbocycles. The molecule has 2 rings (SSSR count). The molecule has 94 valence electrons. The lowest BCUT2D eigenvalue weighted by molar-refractivity contribution is 0.574. The van der Waals surface area contributed by atoms with Crippen LogP contribution in [-0.4, -0.2) is 24.6 Å². The lowest BCUT2D eigenvalue weighted by Gasteiger charge is -2.30. The average molecular weight is 233 g/mol. The summed E-state index contributed by atoms with van der Waals surface area (Å²) in [5.41, 5.74) is 3.84. The van der Waals surface area contributed by atoms with Gasteiger partial charge in [0.05, 0.1) is 0 Å². The third-order valence-corrected chi connectivity index (χ3v) is 3.36. The monoisotopic (exact) mass is 233 g/mol. The molecule has 0 bridgehead atoms. The van der Waals surface area contributed by atoms with E-state index in [2.05, 4.69) is 35.1 Å². The Labute approximate surface area is 104 Å². The van der Waals surface area contributed by atoms with Crippen LogP contribution in [0.2, 0.25) is 0 Å². The van der Waals surface area contributed by atoms with Crippen molar-refractivity contribution in [2.24, 2.45) is 0 Å². The number of hydrogen-bond acceptors (Lipinski definition) is 3. The molecule has 0 amide bonds. The first-order valence-corrected chi connectivity index (χ1v) is 6.72. The van der Waals surface area contributed by atoms with Crippen molar-refractivity contribution in [2.45, 2.75) is 39.7 Å². The van der Waals surface area contributed by atoms with Gasteiger partial charge in [-0.2, -0.15) is 0 Å². The zero-order chi connectivity index (χ0) is 12.1. The first-order chi connectivity index (χ1) is 8.31. The summed E-state index contributed by atoms with van der Waals surface area (Å²) in [6, 6.07) is 2.23. The third-order valence-electron chi connectivity index (χ3n) is 3.36. The Kier molecular flexibility index (Phi) is 4.37. The Balaban J connectivity index is 2.19. The largest absolute Gasteiger partial charge is 0.371 e. The standard InChI is InChI=1S/C14H23N3/c1-3-15-10-13-11-16-12(2)9-14(13)17-7-5-4-6-8-17/h9,11,15H,3-8,10H2,1-2H3. The van der Waals surface area contributed by atoms with Crippen LogP contribution in [0.5, 0.6) is 0 Å². The summed E-state index contributed by atoms with van der Waals surface area (Å²) in [6.45, 7) is 8.54. The second kappa shape index (κ2) is 6.01. The van der Waals surface area contributed by atoms with Gasteiger partial charge in [-0.25, -0.2) is 0 Å². The maximum atomic E-state index is 4.42. The average Bonchev–Trinajstić information content (AvgIpc) is 2.38. The Hall–Kier alpha value is -1.09. The minimum atomic E-state index is 0.926. The summed E-state index contributed by atoms with van der Waals surface area (Å²) in [4.78, 5) is 6.94. The second-order valence-corrected chi connectivity index (χ2v) is 4.78. The zero-order valence-electron chi connectivity index (χ0n) is 11.0. The van der Waals surface area contributed by atoms with Crippen LogP contribution in [0.3, 0.4) is 0 Å². The highest BCUT2D eigenvalue weighted by molar-refractivity contribution is 5.53. The van der Waals surface area contributed by atoms with Crippen molar-refractivity contribution in [2.75, 3.05) is 24.5 Å². The van der Waals surface area contributed by atoms with Crippen LogP contribution in [0.15, 0.2) is 12.3 Å². The van der Waals surface area contributed by atoms with Gasteiger partial charge in [-0.05, 0) is 38.8 Å². The quantitative estimate of drug-likeness (QED) is 0.866. The summed E-state index contributed by atoms with van der Waals surface area (Å²) < 4.78 is 0. The number of aryl methyl sites for hydroxylation is 1. The van der Waals surface area contributed by atoms with Crippen molar-refractivity contribution >= 4 is 5.69 Å². The smallest absolute Gasteiger partial charge is 0.0445 e. The maximum absolute atomic E-state index is 4.42. The predicted molar refractivity (Wildman–Crippen MR) is 72.4 cm³/mol. The van der Waals surface area contributed by atoms with Crippen LogP contribution in [-0.2, 0) is 6.54 Å². The van der Waals surface area contributed by atoms with Gasteiger partial charge >= 0.3 is 0 Å². The summed E-state index contributed by atoms with van der Waals surface area (Å²) in [5, 5.41) is 3.40. The van der Waals surface area contributed by atoms with Crippen LogP contribution in [0, 0.1) is 6.92 Å². The predicted octanol–water partition coefficient (Wildman–Crippen LogP) is 2.49. The Morgan fingerprint density at radius 2 is 2.06 bits per heavy atom. The van der Waals surface area contributed by atoms with E-state index in [4.69, 9.17) is 0 Å². The van der Waals surface area contributed by atoms with E-state index in [0.717, 1.165) is 18.8 Å². The molecule has 3 heteroatoms. The fraction of sp³-hybridized carbons (Fsp3) is 0.643. The molecule has 1 aliphatic rings. The molecule has 0 unspecified atom stereocenters. The molecule has 0 saturated carbocycles. The fourth-order valence-corrected chi connectivity index (χ4v) is 2.40. The second-order valence-electron chi connectivity index (χ2n) is 4.78. The molecule has 3 nitrogen and oxygen atoms in total. The first-order valence-electron chi connectivity index (χ1n) is 6.72. The van der Waals surface area contributed by atoms with Crippen LogP contribution in [0.1, 0.15) is 37.4 Å². The van der Waals surface area contributed by atoms with Crippen molar-refractivity contribution < 1.29 is 0 Å². The molecule has 17 heavy (non-hydrogen) atoms. The van der Waals surface area contributed by atoms with Crippen molar-refractivity contribution in [1.82, 2.24) is 10.3 Å². The van der Waals surface area contributed by atoms with Gasteiger partial charge in [-0.1, -0.05) is 6.92 Å². The van der Waals surface area contributed by atoms with Gasteiger partial charge in [0.2, 0.25) is 0 Å². The molecule has 0 spiro atoms. The van der Waals surface area contributed by atoms with Gasteiger partial charge in [0.15, 0.2) is 0 Å². The van der Waals surface area contributed by atoms with Crippen LogP contribution >= 0.6 is 0 Å². The van der Waals surface area contributed by atoms with Gasteiger partial charge < -0.3 is 10.2 Å². The van der Waals surface area contributed by atoms with Gasteiger partial charge in [0.25, 0.3) is 0 Å². The van der Waals surface area contributed by atoms with Crippen LogP contribution < -0.4 is 10.2 Å². The molecule has 1 saturated heterocycles. The van der Waals surface area contributed by atoms with E-state index in [9.17, 15) is 0 Å². The fourth-order valence-electron chi connectivity index (χ4n) is 2.40. The van der Waals surface area contributed by atoms with E-state index in [1.54, 1.807) is 0 Å². The third kappa shape index (κ3) is 3.19. The summed E-state index contributed by atoms with van der Waals surface area (Å²) in [7, 11) is 0. The lowest BCUT2D eigenvalue weighted by Crippen LogP contribution is -2.31. The normalized spacial score (nSPS) is 16.2. The summed E-state index contributed by atoms with van der Waals surface area (Å²) in [5.74, 6) is 0. The Bertz CT molecular complexity index is 356. The Morgan fingerprint density at radius 3 is 2.76 bits per heavy atom.